The standard InChI is InChI=1S/C16H25N3O/c1-18(2)15-6-4-14(5-7-15)16(20)8-12-19-11-3-9-17-10-13-19/h4-7,17H,3,8-13H2,1-2H3. The van der Waals surface area contributed by atoms with Gasteiger partial charge in [-0.1, -0.05) is 0 Å². The molecule has 0 saturated carbocycles. The van der Waals surface area contributed by atoms with E-state index in [1.165, 1.54) is 6.42 Å². The van der Waals surface area contributed by atoms with Crippen LogP contribution in [0.4, 0.5) is 5.69 Å². The summed E-state index contributed by atoms with van der Waals surface area (Å²) >= 11 is 0. The van der Waals surface area contributed by atoms with Crippen molar-refractivity contribution in [2.24, 2.45) is 0 Å². The van der Waals surface area contributed by atoms with E-state index in [2.05, 4.69) is 10.2 Å². The summed E-state index contributed by atoms with van der Waals surface area (Å²) in [5, 5.41) is 3.38. The molecular weight excluding hydrogens is 250 g/mol. The lowest BCUT2D eigenvalue weighted by Crippen LogP contribution is -2.30. The van der Waals surface area contributed by atoms with E-state index in [1.54, 1.807) is 0 Å². The van der Waals surface area contributed by atoms with Crippen molar-refractivity contribution in [3.05, 3.63) is 29.8 Å². The lowest BCUT2D eigenvalue weighted by molar-refractivity contribution is 0.0965. The number of anilines is 1. The lowest BCUT2D eigenvalue weighted by atomic mass is 10.1. The predicted molar refractivity (Wildman–Crippen MR) is 83.6 cm³/mol. The first kappa shape index (κ1) is 15.0. The quantitative estimate of drug-likeness (QED) is 0.828. The molecule has 0 aromatic heterocycles. The third-order valence-electron chi connectivity index (χ3n) is 3.79. The maximum absolute atomic E-state index is 12.2. The summed E-state index contributed by atoms with van der Waals surface area (Å²) in [5.74, 6) is 0.243. The first-order chi connectivity index (χ1) is 9.66. The highest BCUT2D eigenvalue weighted by atomic mass is 16.1. The average molecular weight is 275 g/mol. The number of nitrogens with one attached hydrogen (secondary N) is 1. The van der Waals surface area contributed by atoms with Crippen LogP contribution in [0.25, 0.3) is 0 Å². The van der Waals surface area contributed by atoms with E-state index >= 15 is 0 Å². The zero-order chi connectivity index (χ0) is 14.4. The molecule has 110 valence electrons. The molecule has 0 aliphatic carbocycles. The maximum atomic E-state index is 12.2. The third kappa shape index (κ3) is 4.32. The van der Waals surface area contributed by atoms with Crippen LogP contribution in [-0.4, -0.2) is 57.5 Å². The summed E-state index contributed by atoms with van der Waals surface area (Å²) in [5.41, 5.74) is 1.95. The number of hydrogen-bond donors (Lipinski definition) is 1. The molecule has 0 spiro atoms. The molecule has 1 N–H and O–H groups in total. The SMILES string of the molecule is CN(C)c1ccc(C(=O)CCN2CCCNCC2)cc1. The summed E-state index contributed by atoms with van der Waals surface area (Å²) < 4.78 is 0. The van der Waals surface area contributed by atoms with Gasteiger partial charge in [-0.25, -0.2) is 0 Å². The fourth-order valence-corrected chi connectivity index (χ4v) is 2.47. The Labute approximate surface area is 121 Å². The molecule has 20 heavy (non-hydrogen) atoms. The van der Waals surface area contributed by atoms with E-state index in [4.69, 9.17) is 0 Å². The number of Topliss-reactive ketones (excluding diaryl/α,β-unsaturated/α-hetero) is 1. The van der Waals surface area contributed by atoms with Gasteiger partial charge in [0.15, 0.2) is 5.78 Å². The molecule has 0 atom stereocenters. The zero-order valence-corrected chi connectivity index (χ0v) is 12.6. The van der Waals surface area contributed by atoms with Crippen molar-refractivity contribution >= 4 is 11.5 Å². The minimum atomic E-state index is 0.243. The van der Waals surface area contributed by atoms with Crippen molar-refractivity contribution in [1.82, 2.24) is 10.2 Å². The predicted octanol–water partition coefficient (Wildman–Crippen LogP) is 1.62. The first-order valence-corrected chi connectivity index (χ1v) is 7.40. The smallest absolute Gasteiger partial charge is 0.164 e. The van der Waals surface area contributed by atoms with Crippen molar-refractivity contribution in [1.29, 1.82) is 0 Å². The largest absolute Gasteiger partial charge is 0.378 e. The summed E-state index contributed by atoms with van der Waals surface area (Å²) in [7, 11) is 4.01. The van der Waals surface area contributed by atoms with Crippen molar-refractivity contribution < 1.29 is 4.79 Å². The van der Waals surface area contributed by atoms with Gasteiger partial charge in [-0.15, -0.1) is 0 Å². The molecule has 1 aliphatic rings. The molecule has 1 heterocycles. The summed E-state index contributed by atoms with van der Waals surface area (Å²) in [6, 6.07) is 7.87. The average Bonchev–Trinajstić information content (AvgIpc) is 2.73. The molecule has 0 radical (unpaired) electrons. The van der Waals surface area contributed by atoms with Gasteiger partial charge >= 0.3 is 0 Å². The van der Waals surface area contributed by atoms with E-state index < -0.39 is 0 Å². The van der Waals surface area contributed by atoms with E-state index in [1.807, 2.05) is 43.3 Å². The van der Waals surface area contributed by atoms with Crippen molar-refractivity contribution in [2.45, 2.75) is 12.8 Å². The Morgan fingerprint density at radius 3 is 2.65 bits per heavy atom. The molecular formula is C16H25N3O. The van der Waals surface area contributed by atoms with Gasteiger partial charge < -0.3 is 15.1 Å². The Morgan fingerprint density at radius 2 is 1.95 bits per heavy atom. The van der Waals surface area contributed by atoms with Gasteiger partial charge in [-0.2, -0.15) is 0 Å². The topological polar surface area (TPSA) is 35.6 Å². The second-order valence-electron chi connectivity index (χ2n) is 5.56. The number of benzene rings is 1. The van der Waals surface area contributed by atoms with Crippen molar-refractivity contribution in [2.75, 3.05) is 51.7 Å². The Balaban J connectivity index is 1.84. The van der Waals surface area contributed by atoms with Gasteiger partial charge in [0.25, 0.3) is 0 Å². The summed E-state index contributed by atoms with van der Waals surface area (Å²) in [6.07, 6.45) is 1.78. The normalized spacial score (nSPS) is 16.7. The number of ketones is 1. The van der Waals surface area contributed by atoms with Crippen LogP contribution in [0.1, 0.15) is 23.2 Å². The molecule has 4 nitrogen and oxygen atoms in total. The van der Waals surface area contributed by atoms with Crippen molar-refractivity contribution in [3.8, 4) is 0 Å². The van der Waals surface area contributed by atoms with Crippen LogP contribution in [0.15, 0.2) is 24.3 Å². The summed E-state index contributed by atoms with van der Waals surface area (Å²) in [4.78, 5) is 16.6. The number of rotatable bonds is 5. The molecule has 4 heteroatoms. The van der Waals surface area contributed by atoms with Crippen LogP contribution in [0, 0.1) is 0 Å². The van der Waals surface area contributed by atoms with Gasteiger partial charge in [0, 0.05) is 51.4 Å². The highest BCUT2D eigenvalue weighted by Crippen LogP contribution is 2.13. The molecule has 1 saturated heterocycles. The molecule has 0 amide bonds. The Hall–Kier alpha value is -1.39. The van der Waals surface area contributed by atoms with E-state index in [0.717, 1.165) is 44.0 Å². The number of carbonyl (C=O) groups excluding carboxylic acids is 1. The molecule has 1 aromatic rings. The maximum Gasteiger partial charge on any atom is 0.164 e. The summed E-state index contributed by atoms with van der Waals surface area (Å²) in [6.45, 7) is 5.14. The highest BCUT2D eigenvalue weighted by Gasteiger charge is 2.12. The van der Waals surface area contributed by atoms with Crippen LogP contribution in [0.5, 0.6) is 0 Å². The van der Waals surface area contributed by atoms with Gasteiger partial charge in [-0.05, 0) is 43.8 Å². The van der Waals surface area contributed by atoms with Crippen LogP contribution >= 0.6 is 0 Å². The molecule has 0 unspecified atom stereocenters. The Bertz CT molecular complexity index is 420. The van der Waals surface area contributed by atoms with Gasteiger partial charge in [0.2, 0.25) is 0 Å². The van der Waals surface area contributed by atoms with Gasteiger partial charge in [0.1, 0.15) is 0 Å². The number of nitrogens with zero attached hydrogens (tertiary/aromatic N) is 2. The van der Waals surface area contributed by atoms with Gasteiger partial charge in [-0.3, -0.25) is 4.79 Å². The van der Waals surface area contributed by atoms with Crippen LogP contribution in [0.3, 0.4) is 0 Å². The second kappa shape index (κ2) is 7.41. The molecule has 1 fully saturated rings. The second-order valence-corrected chi connectivity index (χ2v) is 5.56. The lowest BCUT2D eigenvalue weighted by Gasteiger charge is -2.18. The first-order valence-electron chi connectivity index (χ1n) is 7.40. The molecule has 0 bridgehead atoms. The van der Waals surface area contributed by atoms with E-state index in [0.29, 0.717) is 6.42 Å². The zero-order valence-electron chi connectivity index (χ0n) is 12.6. The van der Waals surface area contributed by atoms with E-state index in [9.17, 15) is 4.79 Å². The minimum Gasteiger partial charge on any atom is -0.378 e. The molecule has 1 aliphatic heterocycles. The van der Waals surface area contributed by atoms with Crippen molar-refractivity contribution in [3.63, 3.8) is 0 Å². The highest BCUT2D eigenvalue weighted by molar-refractivity contribution is 5.96. The Morgan fingerprint density at radius 1 is 1.20 bits per heavy atom. The molecule has 1 aromatic carbocycles. The number of carbonyl (C=O) groups is 1. The van der Waals surface area contributed by atoms with Gasteiger partial charge in [0.05, 0.1) is 0 Å². The van der Waals surface area contributed by atoms with E-state index in [-0.39, 0.29) is 5.78 Å². The van der Waals surface area contributed by atoms with Crippen LogP contribution < -0.4 is 10.2 Å². The molecule has 2 rings (SSSR count). The fourth-order valence-electron chi connectivity index (χ4n) is 2.47. The minimum absolute atomic E-state index is 0.243. The number of hydrogen-bond acceptors (Lipinski definition) is 4. The van der Waals surface area contributed by atoms with Crippen LogP contribution in [-0.2, 0) is 0 Å². The third-order valence-corrected chi connectivity index (χ3v) is 3.79. The Kier molecular flexibility index (Phi) is 5.56. The fraction of sp³-hybridized carbons (Fsp3) is 0.562. The monoisotopic (exact) mass is 275 g/mol. The van der Waals surface area contributed by atoms with Crippen LogP contribution in [0.2, 0.25) is 0 Å².